The van der Waals surface area contributed by atoms with Gasteiger partial charge in [0.15, 0.2) is 6.10 Å². The van der Waals surface area contributed by atoms with Crippen molar-refractivity contribution in [3.8, 4) is 0 Å². The number of H-pyrrole nitrogens is 1. The zero-order valence-electron chi connectivity index (χ0n) is 10.0. The van der Waals surface area contributed by atoms with Crippen molar-refractivity contribution in [2.24, 2.45) is 0 Å². The highest BCUT2D eigenvalue weighted by atomic mass is 32.1. The molecule has 0 aromatic carbocycles. The summed E-state index contributed by atoms with van der Waals surface area (Å²) in [5.74, 6) is 0.527. The second kappa shape index (κ2) is 5.29. The van der Waals surface area contributed by atoms with E-state index in [4.69, 9.17) is 0 Å². The van der Waals surface area contributed by atoms with E-state index in [0.29, 0.717) is 10.8 Å². The fraction of sp³-hybridized carbons (Fsp3) is 0.154. The number of nitrogens with zero attached hydrogens (tertiary/aromatic N) is 3. The zero-order valence-corrected chi connectivity index (χ0v) is 10.8. The molecule has 0 saturated heterocycles. The van der Waals surface area contributed by atoms with Gasteiger partial charge in [0.1, 0.15) is 10.8 Å². The number of hydrogen-bond donors (Lipinski definition) is 2. The largest absolute Gasteiger partial charge is 0.378 e. The third-order valence-corrected chi connectivity index (χ3v) is 3.56. The second-order valence-electron chi connectivity index (χ2n) is 4.10. The van der Waals surface area contributed by atoms with E-state index in [-0.39, 0.29) is 0 Å². The van der Waals surface area contributed by atoms with Gasteiger partial charge in [-0.3, -0.25) is 4.98 Å². The summed E-state index contributed by atoms with van der Waals surface area (Å²) < 4.78 is 0. The molecule has 5 nitrogen and oxygen atoms in total. The molecule has 0 bridgehead atoms. The Morgan fingerprint density at radius 2 is 2.05 bits per heavy atom. The lowest BCUT2D eigenvalue weighted by molar-refractivity contribution is 0.210. The molecule has 0 saturated carbocycles. The summed E-state index contributed by atoms with van der Waals surface area (Å²) in [5.41, 5.74) is 2.10. The Balaban J connectivity index is 1.76. The van der Waals surface area contributed by atoms with Crippen LogP contribution in [0.5, 0.6) is 0 Å². The van der Waals surface area contributed by atoms with E-state index < -0.39 is 6.10 Å². The van der Waals surface area contributed by atoms with E-state index in [1.165, 1.54) is 11.3 Å². The number of thiazole rings is 1. The first-order valence-corrected chi connectivity index (χ1v) is 6.71. The van der Waals surface area contributed by atoms with Gasteiger partial charge in [0.25, 0.3) is 0 Å². The summed E-state index contributed by atoms with van der Waals surface area (Å²) in [6.07, 6.45) is 6.89. The minimum Gasteiger partial charge on any atom is -0.378 e. The normalized spacial score (nSPS) is 12.5. The number of pyridine rings is 1. The van der Waals surface area contributed by atoms with Gasteiger partial charge in [0.2, 0.25) is 0 Å². The molecule has 0 spiro atoms. The number of aliphatic hydroxyl groups excluding tert-OH is 1. The van der Waals surface area contributed by atoms with Crippen molar-refractivity contribution in [1.82, 2.24) is 19.9 Å². The standard InChI is InChI=1S/C13H12N4OS/c18-11(13-15-5-6-19-13)12-16-8-10(17-12)7-9-1-3-14-4-2-9/h1-6,8,11,18H,7H2,(H,16,17). The van der Waals surface area contributed by atoms with Crippen molar-refractivity contribution in [3.63, 3.8) is 0 Å². The predicted octanol–water partition coefficient (Wildman–Crippen LogP) is 1.93. The molecule has 0 fully saturated rings. The Bertz CT molecular complexity index is 636. The topological polar surface area (TPSA) is 74.7 Å². The fourth-order valence-corrected chi connectivity index (χ4v) is 2.44. The second-order valence-corrected chi connectivity index (χ2v) is 5.02. The maximum atomic E-state index is 10.1. The molecule has 0 radical (unpaired) electrons. The molecule has 6 heteroatoms. The summed E-state index contributed by atoms with van der Waals surface area (Å²) in [6.45, 7) is 0. The highest BCUT2D eigenvalue weighted by Gasteiger charge is 2.16. The smallest absolute Gasteiger partial charge is 0.163 e. The van der Waals surface area contributed by atoms with Crippen LogP contribution >= 0.6 is 11.3 Å². The zero-order chi connectivity index (χ0) is 13.1. The van der Waals surface area contributed by atoms with Gasteiger partial charge < -0.3 is 10.1 Å². The first-order chi connectivity index (χ1) is 9.33. The van der Waals surface area contributed by atoms with Crippen LogP contribution in [0.25, 0.3) is 0 Å². The van der Waals surface area contributed by atoms with Gasteiger partial charge in [-0.15, -0.1) is 11.3 Å². The predicted molar refractivity (Wildman–Crippen MR) is 71.8 cm³/mol. The minimum atomic E-state index is -0.786. The van der Waals surface area contributed by atoms with Crippen LogP contribution in [0.2, 0.25) is 0 Å². The Morgan fingerprint density at radius 1 is 1.21 bits per heavy atom. The van der Waals surface area contributed by atoms with Crippen LogP contribution in [-0.2, 0) is 6.42 Å². The van der Waals surface area contributed by atoms with E-state index in [0.717, 1.165) is 17.7 Å². The Labute approximate surface area is 114 Å². The first-order valence-electron chi connectivity index (χ1n) is 5.83. The molecular formula is C13H12N4OS. The average molecular weight is 272 g/mol. The number of rotatable bonds is 4. The maximum Gasteiger partial charge on any atom is 0.163 e. The Hall–Kier alpha value is -2.05. The molecule has 0 aliphatic heterocycles. The van der Waals surface area contributed by atoms with Crippen molar-refractivity contribution in [3.05, 3.63) is 64.4 Å². The van der Waals surface area contributed by atoms with Gasteiger partial charge in [-0.2, -0.15) is 0 Å². The van der Waals surface area contributed by atoms with E-state index in [1.807, 2.05) is 17.5 Å². The van der Waals surface area contributed by atoms with Crippen LogP contribution in [0.3, 0.4) is 0 Å². The highest BCUT2D eigenvalue weighted by molar-refractivity contribution is 7.09. The third kappa shape index (κ3) is 2.69. The van der Waals surface area contributed by atoms with Gasteiger partial charge in [-0.05, 0) is 17.7 Å². The van der Waals surface area contributed by atoms with Crippen LogP contribution in [0.1, 0.15) is 28.2 Å². The SMILES string of the molecule is OC(c1ncc(Cc2ccncc2)[nH]1)c1nccs1. The molecule has 3 rings (SSSR count). The number of hydrogen-bond acceptors (Lipinski definition) is 5. The molecule has 1 unspecified atom stereocenters. The number of nitrogens with one attached hydrogen (secondary N) is 1. The average Bonchev–Trinajstić information content (AvgIpc) is 3.10. The quantitative estimate of drug-likeness (QED) is 0.761. The molecule has 3 aromatic rings. The molecule has 0 aliphatic rings. The van der Waals surface area contributed by atoms with Crippen molar-refractivity contribution in [2.45, 2.75) is 12.5 Å². The maximum absolute atomic E-state index is 10.1. The fourth-order valence-electron chi connectivity index (χ4n) is 1.81. The number of imidazole rings is 1. The van der Waals surface area contributed by atoms with Crippen LogP contribution in [0, 0.1) is 0 Å². The lowest BCUT2D eigenvalue weighted by Gasteiger charge is -2.03. The van der Waals surface area contributed by atoms with E-state index in [2.05, 4.69) is 19.9 Å². The molecule has 0 aliphatic carbocycles. The number of aromatic nitrogens is 4. The van der Waals surface area contributed by atoms with Crippen molar-refractivity contribution in [2.75, 3.05) is 0 Å². The molecule has 3 aromatic heterocycles. The third-order valence-electron chi connectivity index (χ3n) is 2.74. The van der Waals surface area contributed by atoms with E-state index in [1.54, 1.807) is 24.8 Å². The Kier molecular flexibility index (Phi) is 3.35. The van der Waals surface area contributed by atoms with Crippen molar-refractivity contribution < 1.29 is 5.11 Å². The number of aromatic amines is 1. The highest BCUT2D eigenvalue weighted by Crippen LogP contribution is 2.21. The summed E-state index contributed by atoms with van der Waals surface area (Å²) in [5, 5.41) is 12.6. The van der Waals surface area contributed by atoms with Gasteiger partial charge in [0, 0.05) is 42.3 Å². The molecule has 1 atom stereocenters. The van der Waals surface area contributed by atoms with Gasteiger partial charge in [-0.25, -0.2) is 9.97 Å². The summed E-state index contributed by atoms with van der Waals surface area (Å²) >= 11 is 1.41. The van der Waals surface area contributed by atoms with Gasteiger partial charge >= 0.3 is 0 Å². The Morgan fingerprint density at radius 3 is 2.79 bits per heavy atom. The number of aliphatic hydroxyl groups is 1. The molecule has 3 heterocycles. The molecule has 2 N–H and O–H groups in total. The van der Waals surface area contributed by atoms with E-state index in [9.17, 15) is 5.11 Å². The van der Waals surface area contributed by atoms with Crippen molar-refractivity contribution >= 4 is 11.3 Å². The minimum absolute atomic E-state index is 0.527. The van der Waals surface area contributed by atoms with Gasteiger partial charge in [-0.1, -0.05) is 0 Å². The molecular weight excluding hydrogens is 260 g/mol. The van der Waals surface area contributed by atoms with Crippen LogP contribution < -0.4 is 0 Å². The van der Waals surface area contributed by atoms with Gasteiger partial charge in [0.05, 0.1) is 0 Å². The monoisotopic (exact) mass is 272 g/mol. The summed E-state index contributed by atoms with van der Waals surface area (Å²) in [6, 6.07) is 3.91. The lowest BCUT2D eigenvalue weighted by atomic mass is 10.2. The van der Waals surface area contributed by atoms with Crippen LogP contribution in [-0.4, -0.2) is 25.0 Å². The van der Waals surface area contributed by atoms with E-state index >= 15 is 0 Å². The van der Waals surface area contributed by atoms with Crippen LogP contribution in [0.15, 0.2) is 42.3 Å². The summed E-state index contributed by atoms with van der Waals surface area (Å²) in [4.78, 5) is 15.4. The summed E-state index contributed by atoms with van der Waals surface area (Å²) in [7, 11) is 0. The lowest BCUT2D eigenvalue weighted by Crippen LogP contribution is -2.01. The molecule has 19 heavy (non-hydrogen) atoms. The van der Waals surface area contributed by atoms with Crippen LogP contribution in [0.4, 0.5) is 0 Å². The first kappa shape index (κ1) is 12.0. The molecule has 0 amide bonds. The van der Waals surface area contributed by atoms with Crippen molar-refractivity contribution in [1.29, 1.82) is 0 Å². The molecule has 96 valence electrons.